The van der Waals surface area contributed by atoms with Crippen LogP contribution in [0.4, 0.5) is 0 Å². The van der Waals surface area contributed by atoms with Crippen molar-refractivity contribution in [3.05, 3.63) is 0 Å². The second-order valence-electron chi connectivity index (χ2n) is 2.92. The molecule has 3 N–H and O–H groups in total. The van der Waals surface area contributed by atoms with Crippen LogP contribution in [0.25, 0.3) is 0 Å². The Bertz CT molecular complexity index is 146. The summed E-state index contributed by atoms with van der Waals surface area (Å²) >= 11 is 0. The van der Waals surface area contributed by atoms with Gasteiger partial charge in [0.1, 0.15) is 18.3 Å². The van der Waals surface area contributed by atoms with Gasteiger partial charge in [-0.1, -0.05) is 0 Å². The topological polar surface area (TPSA) is 79.2 Å². The third-order valence-electron chi connectivity index (χ3n) is 2.04. The quantitative estimate of drug-likeness (QED) is 0.453. The van der Waals surface area contributed by atoms with Gasteiger partial charge in [0, 0.05) is 7.11 Å². The van der Waals surface area contributed by atoms with E-state index in [1.165, 1.54) is 7.11 Å². The Labute approximate surface area is 70.5 Å². The highest BCUT2D eigenvalue weighted by Crippen LogP contribution is 2.20. The summed E-state index contributed by atoms with van der Waals surface area (Å²) < 4.78 is 9.80. The van der Waals surface area contributed by atoms with Gasteiger partial charge in [-0.15, -0.1) is 0 Å². The highest BCUT2D eigenvalue weighted by Gasteiger charge is 2.41. The van der Waals surface area contributed by atoms with Crippen LogP contribution in [0.5, 0.6) is 0 Å². The van der Waals surface area contributed by atoms with E-state index >= 15 is 0 Å². The predicted molar refractivity (Wildman–Crippen MR) is 39.4 cm³/mol. The van der Waals surface area contributed by atoms with Gasteiger partial charge in [-0.2, -0.15) is 0 Å². The number of methoxy groups -OCH3 is 1. The molecule has 5 nitrogen and oxygen atoms in total. The molecule has 0 bridgehead atoms. The molecule has 1 rings (SSSR count). The third-order valence-corrected chi connectivity index (χ3v) is 2.04. The van der Waals surface area contributed by atoms with Crippen molar-refractivity contribution in [2.75, 3.05) is 7.11 Å². The Morgan fingerprint density at radius 3 is 2.17 bits per heavy atom. The number of hydrogen-bond donors (Lipinski definition) is 3. The average molecular weight is 178 g/mol. The van der Waals surface area contributed by atoms with Crippen molar-refractivity contribution < 1.29 is 24.8 Å². The van der Waals surface area contributed by atoms with E-state index in [9.17, 15) is 15.3 Å². The summed E-state index contributed by atoms with van der Waals surface area (Å²) in [4.78, 5) is 0. The minimum absolute atomic E-state index is 0.534. The molecule has 12 heavy (non-hydrogen) atoms. The largest absolute Gasteiger partial charge is 0.388 e. The summed E-state index contributed by atoms with van der Waals surface area (Å²) in [5.41, 5.74) is 0. The van der Waals surface area contributed by atoms with E-state index in [-0.39, 0.29) is 0 Å². The number of rotatable bonds is 1. The molecule has 0 spiro atoms. The molecule has 0 aliphatic carbocycles. The molecule has 72 valence electrons. The molecule has 0 aromatic carbocycles. The van der Waals surface area contributed by atoms with Gasteiger partial charge >= 0.3 is 0 Å². The summed E-state index contributed by atoms with van der Waals surface area (Å²) in [5, 5.41) is 27.8. The summed E-state index contributed by atoms with van der Waals surface area (Å²) in [6, 6.07) is 0. The molecule has 2 unspecified atom stereocenters. The first-order valence-corrected chi connectivity index (χ1v) is 3.80. The van der Waals surface area contributed by atoms with Crippen LogP contribution >= 0.6 is 0 Å². The molecular weight excluding hydrogens is 164 g/mol. The van der Waals surface area contributed by atoms with Crippen LogP contribution in [0.15, 0.2) is 0 Å². The maximum absolute atomic E-state index is 9.27. The fraction of sp³-hybridized carbons (Fsp3) is 1.00. The maximum Gasteiger partial charge on any atom is 0.186 e. The Balaban J connectivity index is 2.63. The zero-order valence-electron chi connectivity index (χ0n) is 7.04. The highest BCUT2D eigenvalue weighted by molar-refractivity contribution is 4.86. The molecule has 1 aliphatic heterocycles. The van der Waals surface area contributed by atoms with Gasteiger partial charge in [0.15, 0.2) is 6.29 Å². The van der Waals surface area contributed by atoms with Gasteiger partial charge in [0.05, 0.1) is 6.10 Å². The minimum atomic E-state index is -1.21. The summed E-state index contributed by atoms with van der Waals surface area (Å²) in [6.45, 7) is 1.60. The van der Waals surface area contributed by atoms with E-state index in [0.29, 0.717) is 0 Å². The van der Waals surface area contributed by atoms with Gasteiger partial charge in [0.25, 0.3) is 0 Å². The zero-order chi connectivity index (χ0) is 9.30. The van der Waals surface area contributed by atoms with E-state index in [4.69, 9.17) is 9.47 Å². The van der Waals surface area contributed by atoms with Crippen LogP contribution in [-0.2, 0) is 9.47 Å². The van der Waals surface area contributed by atoms with Crippen molar-refractivity contribution >= 4 is 0 Å². The summed E-state index contributed by atoms with van der Waals surface area (Å²) in [5.74, 6) is 0. The summed E-state index contributed by atoms with van der Waals surface area (Å²) in [6.07, 6.45) is -4.86. The molecule has 1 heterocycles. The van der Waals surface area contributed by atoms with Crippen molar-refractivity contribution in [1.29, 1.82) is 0 Å². The van der Waals surface area contributed by atoms with E-state index in [2.05, 4.69) is 0 Å². The lowest BCUT2D eigenvalue weighted by molar-refractivity contribution is -0.286. The molecule has 1 aliphatic rings. The molecule has 5 atom stereocenters. The molecular formula is C7H14O5. The Morgan fingerprint density at radius 1 is 1.08 bits per heavy atom. The van der Waals surface area contributed by atoms with Gasteiger partial charge in [-0.05, 0) is 6.92 Å². The second-order valence-corrected chi connectivity index (χ2v) is 2.92. The number of ether oxygens (including phenoxy) is 2. The maximum atomic E-state index is 9.27. The fourth-order valence-electron chi connectivity index (χ4n) is 1.21. The number of aliphatic hydroxyl groups excluding tert-OH is 3. The van der Waals surface area contributed by atoms with Crippen LogP contribution in [0.1, 0.15) is 6.92 Å². The van der Waals surface area contributed by atoms with Crippen molar-refractivity contribution in [1.82, 2.24) is 0 Å². The number of aliphatic hydroxyl groups is 3. The molecule has 0 amide bonds. The van der Waals surface area contributed by atoms with E-state index in [0.717, 1.165) is 0 Å². The smallest absolute Gasteiger partial charge is 0.186 e. The van der Waals surface area contributed by atoms with Crippen LogP contribution in [0.3, 0.4) is 0 Å². The first-order valence-electron chi connectivity index (χ1n) is 3.80. The second kappa shape index (κ2) is 3.68. The molecule has 5 heteroatoms. The first kappa shape index (κ1) is 9.88. The zero-order valence-corrected chi connectivity index (χ0v) is 7.04. The summed E-state index contributed by atoms with van der Waals surface area (Å²) in [7, 11) is 1.37. The van der Waals surface area contributed by atoms with Crippen LogP contribution in [-0.4, -0.2) is 53.1 Å². The van der Waals surface area contributed by atoms with Crippen LogP contribution in [0.2, 0.25) is 0 Å². The van der Waals surface area contributed by atoms with Crippen molar-refractivity contribution in [2.45, 2.75) is 37.6 Å². The van der Waals surface area contributed by atoms with E-state index in [1.807, 2.05) is 0 Å². The van der Waals surface area contributed by atoms with Gasteiger partial charge in [0.2, 0.25) is 0 Å². The monoisotopic (exact) mass is 178 g/mol. The Morgan fingerprint density at radius 2 is 1.67 bits per heavy atom. The normalized spacial score (nSPS) is 49.2. The van der Waals surface area contributed by atoms with E-state index < -0.39 is 30.7 Å². The predicted octanol–water partition coefficient (Wildman–Crippen LogP) is -1.54. The fourth-order valence-corrected chi connectivity index (χ4v) is 1.21. The lowest BCUT2D eigenvalue weighted by Crippen LogP contribution is -2.57. The van der Waals surface area contributed by atoms with Crippen LogP contribution < -0.4 is 0 Å². The van der Waals surface area contributed by atoms with Gasteiger partial charge in [-0.3, -0.25) is 0 Å². The van der Waals surface area contributed by atoms with Crippen LogP contribution in [0, 0.1) is 0 Å². The molecule has 0 aromatic rings. The lowest BCUT2D eigenvalue weighted by Gasteiger charge is -2.38. The van der Waals surface area contributed by atoms with E-state index in [1.54, 1.807) is 6.92 Å². The molecule has 1 saturated heterocycles. The molecule has 0 aromatic heterocycles. The highest BCUT2D eigenvalue weighted by atomic mass is 16.7. The average Bonchev–Trinajstić information content (AvgIpc) is 2.08. The van der Waals surface area contributed by atoms with Gasteiger partial charge < -0.3 is 24.8 Å². The standard InChI is InChI=1S/C7H14O5/c1-3-4(8)5(9)6(10)7(11-2)12-3/h3-10H,1-2H3/t3?,4-,5+,6?,7-/m1/s1. The minimum Gasteiger partial charge on any atom is -0.388 e. The lowest BCUT2D eigenvalue weighted by atomic mass is 10.0. The van der Waals surface area contributed by atoms with Gasteiger partial charge in [-0.25, -0.2) is 0 Å². The number of hydrogen-bond acceptors (Lipinski definition) is 5. The molecule has 1 fully saturated rings. The van der Waals surface area contributed by atoms with Crippen molar-refractivity contribution in [3.8, 4) is 0 Å². The molecule has 0 radical (unpaired) electrons. The first-order chi connectivity index (χ1) is 5.57. The Hall–Kier alpha value is -0.200. The SMILES string of the molecule is CO[C@@H]1OC(C)[C@@H](O)[C@H](O)C1O. The third kappa shape index (κ3) is 1.60. The van der Waals surface area contributed by atoms with Crippen molar-refractivity contribution in [3.63, 3.8) is 0 Å². The molecule has 0 saturated carbocycles. The van der Waals surface area contributed by atoms with Crippen molar-refractivity contribution in [2.24, 2.45) is 0 Å². The Kier molecular flexibility index (Phi) is 3.03.